The molecule has 1 aromatic heterocycles. The van der Waals surface area contributed by atoms with Crippen molar-refractivity contribution < 1.29 is 18.3 Å². The number of halogens is 1. The molecule has 31 heavy (non-hydrogen) atoms. The van der Waals surface area contributed by atoms with Crippen molar-refractivity contribution in [3.63, 3.8) is 0 Å². The van der Waals surface area contributed by atoms with Crippen LogP contribution in [0.3, 0.4) is 0 Å². The maximum atomic E-state index is 14.6. The molecule has 172 valence electrons. The lowest BCUT2D eigenvalue weighted by Crippen LogP contribution is -2.41. The van der Waals surface area contributed by atoms with Gasteiger partial charge in [0.2, 0.25) is 0 Å². The zero-order valence-corrected chi connectivity index (χ0v) is 20.9. The van der Waals surface area contributed by atoms with Gasteiger partial charge in [-0.3, -0.25) is 4.79 Å². The SMILES string of the molecule is CC(C)(C)[Si](C)(C)OCCOc1cc(F)c2c(=O)[nH]c(CSC3CCOCC3)nc2c1. The van der Waals surface area contributed by atoms with Crippen LogP contribution in [0.2, 0.25) is 18.1 Å². The number of ether oxygens (including phenoxy) is 2. The average molecular weight is 469 g/mol. The van der Waals surface area contributed by atoms with Crippen molar-refractivity contribution in [2.45, 2.75) is 62.7 Å². The summed E-state index contributed by atoms with van der Waals surface area (Å²) in [6.07, 6.45) is 1.98. The molecule has 1 fully saturated rings. The van der Waals surface area contributed by atoms with Gasteiger partial charge in [0.05, 0.1) is 17.9 Å². The van der Waals surface area contributed by atoms with E-state index in [2.05, 4.69) is 43.8 Å². The molecular formula is C22H33FN2O4SSi. The lowest BCUT2D eigenvalue weighted by molar-refractivity contribution is 0.1000. The first-order valence-electron chi connectivity index (χ1n) is 10.8. The van der Waals surface area contributed by atoms with E-state index in [0.29, 0.717) is 41.3 Å². The van der Waals surface area contributed by atoms with Crippen LogP contribution in [0.25, 0.3) is 10.9 Å². The van der Waals surface area contributed by atoms with Crippen molar-refractivity contribution in [3.05, 3.63) is 34.1 Å². The van der Waals surface area contributed by atoms with Gasteiger partial charge in [-0.1, -0.05) is 20.8 Å². The number of nitrogens with one attached hydrogen (secondary N) is 1. The number of thioether (sulfide) groups is 1. The van der Waals surface area contributed by atoms with E-state index in [0.717, 1.165) is 26.1 Å². The Balaban J connectivity index is 1.66. The molecule has 6 nitrogen and oxygen atoms in total. The summed E-state index contributed by atoms with van der Waals surface area (Å²) < 4.78 is 31.8. The van der Waals surface area contributed by atoms with Crippen LogP contribution in [-0.4, -0.2) is 50.0 Å². The lowest BCUT2D eigenvalue weighted by atomic mass is 10.2. The van der Waals surface area contributed by atoms with Crippen molar-refractivity contribution in [2.75, 3.05) is 26.4 Å². The van der Waals surface area contributed by atoms with Crippen LogP contribution in [0.4, 0.5) is 4.39 Å². The van der Waals surface area contributed by atoms with Crippen LogP contribution in [0.5, 0.6) is 5.75 Å². The molecule has 0 atom stereocenters. The van der Waals surface area contributed by atoms with E-state index in [1.54, 1.807) is 17.8 Å². The first kappa shape index (κ1) is 24.2. The van der Waals surface area contributed by atoms with E-state index in [-0.39, 0.29) is 10.4 Å². The predicted octanol–water partition coefficient (Wildman–Crippen LogP) is 4.88. The Morgan fingerprint density at radius 2 is 1.97 bits per heavy atom. The zero-order chi connectivity index (χ0) is 22.6. The first-order chi connectivity index (χ1) is 14.6. The highest BCUT2D eigenvalue weighted by atomic mass is 32.2. The van der Waals surface area contributed by atoms with Crippen molar-refractivity contribution in [2.24, 2.45) is 0 Å². The van der Waals surface area contributed by atoms with Gasteiger partial charge in [-0.2, -0.15) is 11.8 Å². The number of nitrogens with zero attached hydrogens (tertiary/aromatic N) is 1. The molecule has 2 aromatic rings. The van der Waals surface area contributed by atoms with E-state index in [9.17, 15) is 9.18 Å². The summed E-state index contributed by atoms with van der Waals surface area (Å²) >= 11 is 1.75. The second kappa shape index (κ2) is 10.0. The van der Waals surface area contributed by atoms with E-state index < -0.39 is 19.7 Å². The van der Waals surface area contributed by atoms with E-state index in [1.165, 1.54) is 6.07 Å². The normalized spacial score (nSPS) is 16.1. The molecule has 9 heteroatoms. The number of H-pyrrole nitrogens is 1. The molecular weight excluding hydrogens is 435 g/mol. The molecule has 0 saturated carbocycles. The number of aromatic nitrogens is 2. The highest BCUT2D eigenvalue weighted by Gasteiger charge is 2.36. The van der Waals surface area contributed by atoms with Gasteiger partial charge >= 0.3 is 0 Å². The van der Waals surface area contributed by atoms with Crippen LogP contribution >= 0.6 is 11.8 Å². The van der Waals surface area contributed by atoms with Crippen molar-refractivity contribution >= 4 is 31.0 Å². The maximum absolute atomic E-state index is 14.6. The van der Waals surface area contributed by atoms with Gasteiger partial charge in [0.1, 0.15) is 29.4 Å². The molecule has 0 unspecified atom stereocenters. The van der Waals surface area contributed by atoms with E-state index >= 15 is 0 Å². The van der Waals surface area contributed by atoms with Crippen LogP contribution in [0.1, 0.15) is 39.4 Å². The van der Waals surface area contributed by atoms with Gasteiger partial charge in [-0.25, -0.2) is 9.37 Å². The second-order valence-electron chi connectivity index (χ2n) is 9.39. The number of hydrogen-bond donors (Lipinski definition) is 1. The number of aromatic amines is 1. The third-order valence-electron chi connectivity index (χ3n) is 6.03. The topological polar surface area (TPSA) is 73.4 Å². The second-order valence-corrected chi connectivity index (χ2v) is 15.5. The molecule has 0 spiro atoms. The van der Waals surface area contributed by atoms with Crippen LogP contribution in [0.15, 0.2) is 16.9 Å². The molecule has 0 amide bonds. The van der Waals surface area contributed by atoms with Gasteiger partial charge in [0, 0.05) is 30.6 Å². The minimum Gasteiger partial charge on any atom is -0.491 e. The summed E-state index contributed by atoms with van der Waals surface area (Å²) in [7, 11) is -1.86. The number of rotatable bonds is 8. The Bertz CT molecular complexity index is 955. The summed E-state index contributed by atoms with van der Waals surface area (Å²) in [5, 5.41) is 0.568. The molecule has 1 aromatic carbocycles. The summed E-state index contributed by atoms with van der Waals surface area (Å²) in [4.78, 5) is 19.6. The van der Waals surface area contributed by atoms with Crippen LogP contribution in [0, 0.1) is 5.82 Å². The fourth-order valence-corrected chi connectivity index (χ4v) is 5.19. The molecule has 1 N–H and O–H groups in total. The molecule has 0 radical (unpaired) electrons. The number of benzene rings is 1. The monoisotopic (exact) mass is 468 g/mol. The predicted molar refractivity (Wildman–Crippen MR) is 126 cm³/mol. The minimum absolute atomic E-state index is 0.0373. The molecule has 2 heterocycles. The fraction of sp³-hybridized carbons (Fsp3) is 0.636. The summed E-state index contributed by atoms with van der Waals surface area (Å²) in [5.41, 5.74) is -0.149. The van der Waals surface area contributed by atoms with Crippen molar-refractivity contribution in [3.8, 4) is 5.75 Å². The zero-order valence-electron chi connectivity index (χ0n) is 19.0. The Kier molecular flexibility index (Phi) is 7.83. The van der Waals surface area contributed by atoms with Crippen LogP contribution < -0.4 is 10.3 Å². The third kappa shape index (κ3) is 6.31. The van der Waals surface area contributed by atoms with Gasteiger partial charge in [0.15, 0.2) is 8.32 Å². The molecule has 1 aliphatic heterocycles. The molecule has 0 bridgehead atoms. The highest BCUT2D eigenvalue weighted by molar-refractivity contribution is 7.99. The van der Waals surface area contributed by atoms with Crippen molar-refractivity contribution in [1.82, 2.24) is 9.97 Å². The first-order valence-corrected chi connectivity index (χ1v) is 14.7. The number of hydrogen-bond acceptors (Lipinski definition) is 6. The van der Waals surface area contributed by atoms with Crippen LogP contribution in [-0.2, 0) is 14.9 Å². The maximum Gasteiger partial charge on any atom is 0.261 e. The van der Waals surface area contributed by atoms with E-state index in [1.807, 2.05) is 0 Å². The van der Waals surface area contributed by atoms with Gasteiger partial charge in [-0.15, -0.1) is 0 Å². The Morgan fingerprint density at radius 3 is 2.65 bits per heavy atom. The standard InChI is InChI=1S/C22H33FN2O4SSi/c1-22(2,3)31(4,5)29-11-10-28-15-12-17(23)20-18(13-15)24-19(25-21(20)26)14-30-16-6-8-27-9-7-16/h12-13,16H,6-11,14H2,1-5H3,(H,24,25,26). The summed E-state index contributed by atoms with van der Waals surface area (Å²) in [6.45, 7) is 13.2. The smallest absolute Gasteiger partial charge is 0.261 e. The summed E-state index contributed by atoms with van der Waals surface area (Å²) in [6, 6.07) is 2.87. The minimum atomic E-state index is -1.86. The number of fused-ring (bicyclic) bond motifs is 1. The van der Waals surface area contributed by atoms with Gasteiger partial charge < -0.3 is 18.9 Å². The average Bonchev–Trinajstić information content (AvgIpc) is 2.69. The molecule has 1 aliphatic rings. The molecule has 1 saturated heterocycles. The Morgan fingerprint density at radius 1 is 1.26 bits per heavy atom. The third-order valence-corrected chi connectivity index (χ3v) is 11.9. The summed E-state index contributed by atoms with van der Waals surface area (Å²) in [5.74, 6) is 0.843. The highest BCUT2D eigenvalue weighted by Crippen LogP contribution is 2.36. The Hall–Kier alpha value is -1.42. The molecule has 3 rings (SSSR count). The quantitative estimate of drug-likeness (QED) is 0.440. The van der Waals surface area contributed by atoms with Gasteiger partial charge in [0.25, 0.3) is 5.56 Å². The van der Waals surface area contributed by atoms with E-state index in [4.69, 9.17) is 13.9 Å². The van der Waals surface area contributed by atoms with Crippen molar-refractivity contribution in [1.29, 1.82) is 0 Å². The Labute approximate surface area is 188 Å². The fourth-order valence-electron chi connectivity index (χ4n) is 3.11. The van der Waals surface area contributed by atoms with Gasteiger partial charge in [-0.05, 0) is 31.0 Å². The molecule has 0 aliphatic carbocycles. The lowest BCUT2D eigenvalue weighted by Gasteiger charge is -2.36. The largest absolute Gasteiger partial charge is 0.491 e.